The summed E-state index contributed by atoms with van der Waals surface area (Å²) in [5, 5.41) is 2.64. The second-order valence-electron chi connectivity index (χ2n) is 6.08. The Hall–Kier alpha value is -1.74. The molecule has 118 valence electrons. The minimum Gasteiger partial charge on any atom is -0.444 e. The predicted octanol–water partition coefficient (Wildman–Crippen LogP) is 0.679. The molecule has 0 unspecified atom stereocenters. The van der Waals surface area contributed by atoms with E-state index in [1.54, 1.807) is 4.90 Å². The molecule has 0 aromatic carbocycles. The van der Waals surface area contributed by atoms with E-state index in [2.05, 4.69) is 11.2 Å². The molecule has 1 heterocycles. The average Bonchev–Trinajstić information content (AvgIpc) is 2.60. The highest BCUT2D eigenvalue weighted by Crippen LogP contribution is 2.12. The van der Waals surface area contributed by atoms with Gasteiger partial charge in [0.25, 0.3) is 0 Å². The van der Waals surface area contributed by atoms with Gasteiger partial charge in [0.2, 0.25) is 5.91 Å². The lowest BCUT2D eigenvalue weighted by Crippen LogP contribution is -2.41. The SMILES string of the molecule is C#CCNC(=O)CN1CCCN(C(=O)OC(C)(C)C)CC1. The second kappa shape index (κ2) is 7.89. The van der Waals surface area contributed by atoms with E-state index in [0.29, 0.717) is 26.2 Å². The normalized spacial score (nSPS) is 16.8. The lowest BCUT2D eigenvalue weighted by atomic mass is 10.2. The molecule has 1 fully saturated rings. The van der Waals surface area contributed by atoms with Gasteiger partial charge < -0.3 is 15.0 Å². The Balaban J connectivity index is 2.42. The first-order valence-corrected chi connectivity index (χ1v) is 7.22. The maximum atomic E-state index is 12.0. The molecule has 0 aliphatic carbocycles. The Bertz CT molecular complexity index is 409. The summed E-state index contributed by atoms with van der Waals surface area (Å²) in [4.78, 5) is 27.4. The van der Waals surface area contributed by atoms with Crippen LogP contribution in [0.15, 0.2) is 0 Å². The molecule has 1 N–H and O–H groups in total. The monoisotopic (exact) mass is 295 g/mol. The molecule has 6 nitrogen and oxygen atoms in total. The maximum absolute atomic E-state index is 12.0. The molecule has 1 rings (SSSR count). The van der Waals surface area contributed by atoms with E-state index < -0.39 is 5.60 Å². The predicted molar refractivity (Wildman–Crippen MR) is 80.7 cm³/mol. The zero-order valence-corrected chi connectivity index (χ0v) is 13.1. The van der Waals surface area contributed by atoms with E-state index in [-0.39, 0.29) is 18.5 Å². The van der Waals surface area contributed by atoms with Crippen molar-refractivity contribution in [2.75, 3.05) is 39.3 Å². The van der Waals surface area contributed by atoms with Gasteiger partial charge in [-0.25, -0.2) is 4.79 Å². The van der Waals surface area contributed by atoms with E-state index in [0.717, 1.165) is 13.0 Å². The van der Waals surface area contributed by atoms with Crippen molar-refractivity contribution < 1.29 is 14.3 Å². The third-order valence-corrected chi connectivity index (χ3v) is 3.00. The van der Waals surface area contributed by atoms with Crippen LogP contribution in [0.1, 0.15) is 27.2 Å². The molecule has 21 heavy (non-hydrogen) atoms. The summed E-state index contributed by atoms with van der Waals surface area (Å²) in [5.41, 5.74) is -0.488. The van der Waals surface area contributed by atoms with Crippen LogP contribution in [0.3, 0.4) is 0 Å². The third-order valence-electron chi connectivity index (χ3n) is 3.00. The standard InChI is InChI=1S/C15H25N3O3/c1-5-7-16-13(19)12-17-8-6-9-18(11-10-17)14(20)21-15(2,3)4/h1H,6-12H2,2-4H3,(H,16,19). The largest absolute Gasteiger partial charge is 0.444 e. The highest BCUT2D eigenvalue weighted by molar-refractivity contribution is 5.78. The van der Waals surface area contributed by atoms with Crippen LogP contribution in [0.25, 0.3) is 0 Å². The van der Waals surface area contributed by atoms with E-state index in [4.69, 9.17) is 11.2 Å². The zero-order valence-electron chi connectivity index (χ0n) is 13.1. The molecule has 1 saturated heterocycles. The van der Waals surface area contributed by atoms with Gasteiger partial charge in [-0.3, -0.25) is 9.69 Å². The van der Waals surface area contributed by atoms with Crippen molar-refractivity contribution in [3.8, 4) is 12.3 Å². The van der Waals surface area contributed by atoms with Crippen molar-refractivity contribution in [1.29, 1.82) is 0 Å². The van der Waals surface area contributed by atoms with E-state index in [1.165, 1.54) is 0 Å². The molecule has 1 aliphatic heterocycles. The van der Waals surface area contributed by atoms with E-state index >= 15 is 0 Å². The quantitative estimate of drug-likeness (QED) is 0.778. The van der Waals surface area contributed by atoms with Crippen LogP contribution < -0.4 is 5.32 Å². The Morgan fingerprint density at radius 3 is 2.57 bits per heavy atom. The van der Waals surface area contributed by atoms with Crippen LogP contribution in [0.5, 0.6) is 0 Å². The van der Waals surface area contributed by atoms with Crippen molar-refractivity contribution in [3.63, 3.8) is 0 Å². The van der Waals surface area contributed by atoms with Crippen LogP contribution in [0, 0.1) is 12.3 Å². The highest BCUT2D eigenvalue weighted by atomic mass is 16.6. The van der Waals surface area contributed by atoms with Gasteiger partial charge in [0.1, 0.15) is 5.60 Å². The number of carbonyl (C=O) groups is 2. The molecule has 0 spiro atoms. The lowest BCUT2D eigenvalue weighted by Gasteiger charge is -2.26. The Morgan fingerprint density at radius 2 is 1.95 bits per heavy atom. The minimum atomic E-state index is -0.488. The molecule has 0 bridgehead atoms. The van der Waals surface area contributed by atoms with Gasteiger partial charge in [-0.15, -0.1) is 6.42 Å². The number of hydrogen-bond acceptors (Lipinski definition) is 4. The van der Waals surface area contributed by atoms with Gasteiger partial charge in [-0.2, -0.15) is 0 Å². The summed E-state index contributed by atoms with van der Waals surface area (Å²) in [6.45, 7) is 8.77. The van der Waals surface area contributed by atoms with Crippen LogP contribution in [-0.4, -0.2) is 66.7 Å². The van der Waals surface area contributed by atoms with Crippen LogP contribution in [0.2, 0.25) is 0 Å². The number of ether oxygens (including phenoxy) is 1. The van der Waals surface area contributed by atoms with Crippen LogP contribution >= 0.6 is 0 Å². The van der Waals surface area contributed by atoms with Crippen molar-refractivity contribution in [3.05, 3.63) is 0 Å². The summed E-state index contributed by atoms with van der Waals surface area (Å²) in [6.07, 6.45) is 5.63. The third kappa shape index (κ3) is 7.00. The number of terminal acetylenes is 1. The Morgan fingerprint density at radius 1 is 1.24 bits per heavy atom. The maximum Gasteiger partial charge on any atom is 0.410 e. The summed E-state index contributed by atoms with van der Waals surface area (Å²) in [5.74, 6) is 2.29. The average molecular weight is 295 g/mol. The highest BCUT2D eigenvalue weighted by Gasteiger charge is 2.24. The summed E-state index contributed by atoms with van der Waals surface area (Å²) in [7, 11) is 0. The first kappa shape index (κ1) is 17.3. The molecule has 0 aromatic heterocycles. The van der Waals surface area contributed by atoms with E-state index in [1.807, 2.05) is 25.7 Å². The molecule has 0 atom stereocenters. The zero-order chi connectivity index (χ0) is 15.9. The number of carbonyl (C=O) groups excluding carboxylic acids is 2. The first-order valence-electron chi connectivity index (χ1n) is 7.22. The number of hydrogen-bond donors (Lipinski definition) is 1. The van der Waals surface area contributed by atoms with Gasteiger partial charge in [-0.05, 0) is 27.2 Å². The van der Waals surface area contributed by atoms with Crippen LogP contribution in [0.4, 0.5) is 4.79 Å². The van der Waals surface area contributed by atoms with Crippen LogP contribution in [-0.2, 0) is 9.53 Å². The van der Waals surface area contributed by atoms with E-state index in [9.17, 15) is 9.59 Å². The fourth-order valence-electron chi connectivity index (χ4n) is 2.05. The fraction of sp³-hybridized carbons (Fsp3) is 0.733. The first-order chi connectivity index (χ1) is 9.81. The number of nitrogens with zero attached hydrogens (tertiary/aromatic N) is 2. The van der Waals surface area contributed by atoms with Gasteiger partial charge in [0, 0.05) is 26.2 Å². The van der Waals surface area contributed by atoms with Crippen molar-refractivity contribution in [2.24, 2.45) is 0 Å². The number of rotatable bonds is 3. The van der Waals surface area contributed by atoms with Gasteiger partial charge >= 0.3 is 6.09 Å². The molecular formula is C15H25N3O3. The van der Waals surface area contributed by atoms with Crippen molar-refractivity contribution >= 4 is 12.0 Å². The number of amides is 2. The molecule has 0 aromatic rings. The summed E-state index contributed by atoms with van der Waals surface area (Å²) in [6, 6.07) is 0. The van der Waals surface area contributed by atoms with Gasteiger partial charge in [0.15, 0.2) is 0 Å². The molecule has 0 saturated carbocycles. The molecule has 0 radical (unpaired) electrons. The fourth-order valence-corrected chi connectivity index (χ4v) is 2.05. The van der Waals surface area contributed by atoms with Crippen molar-refractivity contribution in [2.45, 2.75) is 32.8 Å². The van der Waals surface area contributed by atoms with Gasteiger partial charge in [-0.1, -0.05) is 5.92 Å². The molecule has 6 heteroatoms. The number of nitrogens with one attached hydrogen (secondary N) is 1. The minimum absolute atomic E-state index is 0.0846. The van der Waals surface area contributed by atoms with Gasteiger partial charge in [0.05, 0.1) is 13.1 Å². The Kier molecular flexibility index (Phi) is 6.50. The summed E-state index contributed by atoms with van der Waals surface area (Å²) < 4.78 is 5.37. The molecule has 2 amide bonds. The van der Waals surface area contributed by atoms with Crippen molar-refractivity contribution in [1.82, 2.24) is 15.1 Å². The Labute approximate surface area is 126 Å². The molecular weight excluding hydrogens is 270 g/mol. The topological polar surface area (TPSA) is 61.9 Å². The summed E-state index contributed by atoms with van der Waals surface area (Å²) >= 11 is 0. The second-order valence-corrected chi connectivity index (χ2v) is 6.08. The lowest BCUT2D eigenvalue weighted by molar-refractivity contribution is -0.121. The smallest absolute Gasteiger partial charge is 0.410 e. The molecule has 1 aliphatic rings.